The fraction of sp³-hybridized carbons (Fsp3) is 1.00. The van der Waals surface area contributed by atoms with Crippen LogP contribution in [0.3, 0.4) is 0 Å². The number of hydrogen-bond acceptors (Lipinski definition) is 5. The second-order valence-corrected chi connectivity index (χ2v) is 13.7. The molecule has 0 N–H and O–H groups in total. The monoisotopic (exact) mass is 698 g/mol. The van der Waals surface area contributed by atoms with E-state index in [4.69, 9.17) is 0 Å². The molecule has 2 unspecified atom stereocenters. The van der Waals surface area contributed by atoms with E-state index in [-0.39, 0.29) is 0 Å². The van der Waals surface area contributed by atoms with Gasteiger partial charge in [-0.3, -0.25) is 0 Å². The standard InChI is InChI=1S/C10F22S5/c11-1(12,13)5(23,24)33-7(3(17,18)19,36-9(27,28)29)35-8(4(20,21)22,37-10(30,31)32)34-6(25,26)2(14,15)16. The van der Waals surface area contributed by atoms with Crippen LogP contribution < -0.4 is 0 Å². The summed E-state index contributed by atoms with van der Waals surface area (Å²) in [6, 6.07) is 0. The molecule has 0 radical (unpaired) electrons. The molecule has 0 amide bonds. The molecule has 0 saturated heterocycles. The molecule has 0 bridgehead atoms. The van der Waals surface area contributed by atoms with Crippen LogP contribution in [0.25, 0.3) is 0 Å². The van der Waals surface area contributed by atoms with Crippen molar-refractivity contribution in [3.8, 4) is 0 Å². The zero-order valence-electron chi connectivity index (χ0n) is 15.4. The molecule has 0 nitrogen and oxygen atoms in total. The first-order chi connectivity index (χ1) is 15.5. The molecule has 0 aromatic heterocycles. The van der Waals surface area contributed by atoms with E-state index >= 15 is 0 Å². The Morgan fingerprint density at radius 3 is 0.595 bits per heavy atom. The number of alkyl halides is 22. The third-order valence-corrected chi connectivity index (χ3v) is 10.1. The summed E-state index contributed by atoms with van der Waals surface area (Å²) < 4.78 is 272. The van der Waals surface area contributed by atoms with Crippen molar-refractivity contribution in [2.24, 2.45) is 0 Å². The number of rotatable bonds is 8. The highest BCUT2D eigenvalue weighted by Crippen LogP contribution is 2.76. The van der Waals surface area contributed by atoms with E-state index in [9.17, 15) is 96.6 Å². The quantitative estimate of drug-likeness (QED) is 0.182. The lowest BCUT2D eigenvalue weighted by Gasteiger charge is -2.44. The van der Waals surface area contributed by atoms with Crippen molar-refractivity contribution in [1.82, 2.24) is 0 Å². The summed E-state index contributed by atoms with van der Waals surface area (Å²) in [7, 11) is 0. The number of thioether (sulfide) groups is 5. The highest BCUT2D eigenvalue weighted by atomic mass is 32.3. The van der Waals surface area contributed by atoms with Crippen LogP contribution >= 0.6 is 58.8 Å². The average Bonchev–Trinajstić information content (AvgIpc) is 2.45. The lowest BCUT2D eigenvalue weighted by atomic mass is 10.7. The van der Waals surface area contributed by atoms with Crippen LogP contribution in [0.15, 0.2) is 0 Å². The van der Waals surface area contributed by atoms with Gasteiger partial charge in [-0.25, -0.2) is 0 Å². The van der Waals surface area contributed by atoms with E-state index < -0.39 is 112 Å². The Kier molecular flexibility index (Phi) is 10.6. The third-order valence-electron chi connectivity index (χ3n) is 2.65. The second kappa shape index (κ2) is 10.6. The van der Waals surface area contributed by atoms with Crippen molar-refractivity contribution in [3.05, 3.63) is 0 Å². The molecule has 0 spiro atoms. The van der Waals surface area contributed by atoms with Gasteiger partial charge in [0.15, 0.2) is 0 Å². The van der Waals surface area contributed by atoms with Gasteiger partial charge >= 0.3 is 46.2 Å². The highest BCUT2D eigenvalue weighted by Gasteiger charge is 2.79. The molecular weight excluding hydrogens is 698 g/mol. The summed E-state index contributed by atoms with van der Waals surface area (Å²) in [6.45, 7) is 0. The molecule has 27 heteroatoms. The molecule has 224 valence electrons. The maximum absolute atomic E-state index is 13.5. The van der Waals surface area contributed by atoms with Crippen LogP contribution in [0.2, 0.25) is 0 Å². The van der Waals surface area contributed by atoms with Crippen LogP contribution in [-0.2, 0) is 0 Å². The van der Waals surface area contributed by atoms with E-state index in [1.54, 1.807) is 0 Å². The van der Waals surface area contributed by atoms with Crippen molar-refractivity contribution in [2.75, 3.05) is 0 Å². The molecule has 0 fully saturated rings. The minimum Gasteiger partial charge on any atom is -0.184 e. The summed E-state index contributed by atoms with van der Waals surface area (Å²) >= 11 is -16.9. The predicted molar refractivity (Wildman–Crippen MR) is 89.6 cm³/mol. The van der Waals surface area contributed by atoms with Gasteiger partial charge in [0.1, 0.15) is 0 Å². The Hall–Kier alpha value is 0.210. The Labute approximate surface area is 208 Å². The first kappa shape index (κ1) is 37.2. The highest BCUT2D eigenvalue weighted by molar-refractivity contribution is 8.43. The maximum Gasteiger partial charge on any atom is 0.464 e. The molecule has 0 rings (SSSR count). The normalized spacial score (nSPS) is 19.0. The van der Waals surface area contributed by atoms with E-state index in [1.165, 1.54) is 0 Å². The van der Waals surface area contributed by atoms with Gasteiger partial charge in [0, 0.05) is 0 Å². The van der Waals surface area contributed by atoms with Gasteiger partial charge in [-0.1, -0.05) is 11.8 Å². The molecule has 0 aromatic rings. The summed E-state index contributed by atoms with van der Waals surface area (Å²) in [5.74, 6) is 0. The van der Waals surface area contributed by atoms with Crippen LogP contribution in [0, 0.1) is 0 Å². The molecule has 37 heavy (non-hydrogen) atoms. The average molecular weight is 698 g/mol. The fourth-order valence-corrected chi connectivity index (χ4v) is 9.49. The molecule has 0 aliphatic rings. The first-order valence-electron chi connectivity index (χ1n) is 7.20. The Bertz CT molecular complexity index is 704. The van der Waals surface area contributed by atoms with Gasteiger partial charge in [0.05, 0.1) is 0 Å². The lowest BCUT2D eigenvalue weighted by molar-refractivity contribution is -0.238. The molecule has 2 atom stereocenters. The summed E-state index contributed by atoms with van der Waals surface area (Å²) in [6.07, 6.45) is -29.8. The van der Waals surface area contributed by atoms with E-state index in [0.29, 0.717) is 0 Å². The van der Waals surface area contributed by atoms with Crippen LogP contribution in [0.1, 0.15) is 0 Å². The SMILES string of the molecule is FC(F)(F)SC(SC(F)(F)C(F)(F)F)(SC(SC(F)(F)F)(SC(F)(F)C(F)(F)F)C(F)(F)F)C(F)(F)F. The molecule has 0 aliphatic heterocycles. The number of hydrogen-bond donors (Lipinski definition) is 0. The van der Waals surface area contributed by atoms with E-state index in [0.717, 1.165) is 0 Å². The molecular formula is C10F22S5. The van der Waals surface area contributed by atoms with E-state index in [1.807, 2.05) is 0 Å². The van der Waals surface area contributed by atoms with Gasteiger partial charge in [-0.05, 0) is 47.0 Å². The molecule has 0 aliphatic carbocycles. The van der Waals surface area contributed by atoms with Crippen molar-refractivity contribution in [3.63, 3.8) is 0 Å². The topological polar surface area (TPSA) is 0 Å². The van der Waals surface area contributed by atoms with Gasteiger partial charge in [-0.15, -0.1) is 0 Å². The largest absolute Gasteiger partial charge is 0.464 e. The Morgan fingerprint density at radius 2 is 0.459 bits per heavy atom. The van der Waals surface area contributed by atoms with Crippen LogP contribution in [0.4, 0.5) is 96.6 Å². The number of halogens is 22. The predicted octanol–water partition coefficient (Wildman–Crippen LogP) is 10.4. The Morgan fingerprint density at radius 1 is 0.243 bits per heavy atom. The smallest absolute Gasteiger partial charge is 0.184 e. The minimum absolute atomic E-state index is 3.30. The summed E-state index contributed by atoms with van der Waals surface area (Å²) in [5, 5.41) is -14.4. The van der Waals surface area contributed by atoms with Crippen LogP contribution in [-0.4, -0.2) is 53.1 Å². The molecule has 0 saturated carbocycles. The molecule has 0 heterocycles. The van der Waals surface area contributed by atoms with Gasteiger partial charge in [0.2, 0.25) is 6.82 Å². The van der Waals surface area contributed by atoms with Crippen molar-refractivity contribution in [2.45, 2.75) is 53.1 Å². The van der Waals surface area contributed by atoms with Crippen molar-refractivity contribution >= 4 is 58.8 Å². The van der Waals surface area contributed by atoms with Crippen molar-refractivity contribution in [1.29, 1.82) is 0 Å². The Balaban J connectivity index is 7.67. The van der Waals surface area contributed by atoms with Gasteiger partial charge < -0.3 is 0 Å². The summed E-state index contributed by atoms with van der Waals surface area (Å²) in [5.41, 5.74) is -13.7. The van der Waals surface area contributed by atoms with Gasteiger partial charge in [0.25, 0.3) is 0 Å². The van der Waals surface area contributed by atoms with Crippen LogP contribution in [0.5, 0.6) is 0 Å². The van der Waals surface area contributed by atoms with E-state index in [2.05, 4.69) is 0 Å². The molecule has 0 aromatic carbocycles. The first-order valence-corrected chi connectivity index (χ1v) is 11.3. The zero-order chi connectivity index (χ0) is 30.5. The maximum atomic E-state index is 13.5. The summed E-state index contributed by atoms with van der Waals surface area (Å²) in [4.78, 5) is 0. The minimum atomic E-state index is -7.53. The zero-order valence-corrected chi connectivity index (χ0v) is 19.4. The third kappa shape index (κ3) is 9.67. The fourth-order valence-electron chi connectivity index (χ4n) is 1.41. The lowest BCUT2D eigenvalue weighted by Crippen LogP contribution is -2.52. The van der Waals surface area contributed by atoms with Crippen molar-refractivity contribution < 1.29 is 96.6 Å². The second-order valence-electron chi connectivity index (χ2n) is 5.54. The van der Waals surface area contributed by atoms with Gasteiger partial charge in [-0.2, -0.15) is 96.6 Å².